The van der Waals surface area contributed by atoms with Crippen LogP contribution in [0.4, 0.5) is 8.78 Å². The average Bonchev–Trinajstić information content (AvgIpc) is 1.75. The molecule has 0 bridgehead atoms. The Kier molecular flexibility index (Phi) is 23.6. The number of thiazole rings is 1. The molecular weight excluding hydrogens is 1320 g/mol. The average molecular weight is 1400 g/mol. The molecule has 0 spiro atoms. The number of nitrogens with zero attached hydrogens (tertiary/aromatic N) is 5. The number of H-pyrrole nitrogens is 1. The Hall–Kier alpha value is -8.79. The summed E-state index contributed by atoms with van der Waals surface area (Å²) in [7, 11) is -4.13. The number of aromatic nitrogens is 2. The van der Waals surface area contributed by atoms with Crippen LogP contribution in [-0.4, -0.2) is 180 Å². The van der Waals surface area contributed by atoms with Gasteiger partial charge in [0.2, 0.25) is 41.4 Å². The van der Waals surface area contributed by atoms with Gasteiger partial charge in [0.25, 0.3) is 11.8 Å². The standard InChI is InChI=1S/C70H85F2N12O13PS/c1-41(44-21-23-46(24-22-44)61-42(2)75-40-99-61)76-66(91)60-57(85)32-36-83(60)69(94)56-16-10-12-34-82(56)67(92)47-19-17-43(18-20-47)13-7-4-5-11-33-74-65(90)59(45-14-8-6-9-15-45)80-62(87)52(28-30-58(73)86)78-64(89)55-29-26-50-31-35-81(3)39-54(68(93)84(50)55)79-63(88)53-38-48-37-49(25-27-51(48)77-53)70(71,72)98(95,96)97/h6,8-9,14-15,17-25,27,37-38,40-41,50,52,54-57,59-60,77,85H,4-5,7,10-13,16,26,28-36,39H2,1-3H3,(H2,73,86)(H,74,90)(H,76,91)(H,78,89)(H,79,88)(H,80,87)(H2,95,96,97)/t41-,50?,52-,54-,55?,56?,57-,59-,60-/m0/s1. The Morgan fingerprint density at radius 2 is 1.53 bits per heavy atom. The maximum atomic E-state index is 14.6. The van der Waals surface area contributed by atoms with Gasteiger partial charge in [-0.05, 0) is 151 Å². The van der Waals surface area contributed by atoms with E-state index in [1.165, 1.54) is 15.9 Å². The van der Waals surface area contributed by atoms with E-state index in [1.807, 2.05) is 55.1 Å². The molecule has 4 fully saturated rings. The van der Waals surface area contributed by atoms with Gasteiger partial charge in [-0.15, -0.1) is 11.3 Å². The minimum atomic E-state index is -5.89. The van der Waals surface area contributed by atoms with Crippen molar-refractivity contribution in [2.75, 3.05) is 39.8 Å². The number of alkyl halides is 2. The van der Waals surface area contributed by atoms with Crippen LogP contribution in [0.2, 0.25) is 0 Å². The van der Waals surface area contributed by atoms with E-state index in [9.17, 15) is 71.4 Å². The number of unbranched alkanes of at least 4 members (excludes halogenated alkanes) is 3. The molecule has 0 aliphatic carbocycles. The number of primary amides is 1. The zero-order valence-electron chi connectivity index (χ0n) is 55.4. The maximum absolute atomic E-state index is 14.6. The van der Waals surface area contributed by atoms with Crippen LogP contribution in [0.5, 0.6) is 0 Å². The van der Waals surface area contributed by atoms with Crippen LogP contribution in [0.15, 0.2) is 109 Å². The summed E-state index contributed by atoms with van der Waals surface area (Å²) >= 11 is 1.55. The normalized spacial score (nSPS) is 20.8. The van der Waals surface area contributed by atoms with Crippen molar-refractivity contribution in [2.45, 2.75) is 164 Å². The zero-order chi connectivity index (χ0) is 70.9. The number of aromatic amines is 1. The third-order valence-corrected chi connectivity index (χ3v) is 21.2. The van der Waals surface area contributed by atoms with E-state index < -0.39 is 115 Å². The molecule has 0 saturated carbocycles. The van der Waals surface area contributed by atoms with Gasteiger partial charge in [-0.1, -0.05) is 85.6 Å². The first-order chi connectivity index (χ1) is 47.3. The van der Waals surface area contributed by atoms with Crippen LogP contribution in [0, 0.1) is 6.92 Å². The molecule has 10 rings (SSSR count). The number of benzene rings is 4. The minimum Gasteiger partial charge on any atom is -0.390 e. The molecule has 6 heterocycles. The lowest BCUT2D eigenvalue weighted by molar-refractivity contribution is -0.145. The maximum Gasteiger partial charge on any atom is 0.399 e. The van der Waals surface area contributed by atoms with E-state index in [2.05, 4.69) is 36.6 Å². The van der Waals surface area contributed by atoms with E-state index in [-0.39, 0.29) is 73.7 Å². The summed E-state index contributed by atoms with van der Waals surface area (Å²) < 4.78 is 40.7. The van der Waals surface area contributed by atoms with Crippen molar-refractivity contribution in [3.63, 3.8) is 0 Å². The first-order valence-corrected chi connectivity index (χ1v) is 36.1. The number of likely N-dealkylation sites (tertiary alicyclic amines) is 2. The molecule has 3 unspecified atom stereocenters. The molecule has 99 heavy (non-hydrogen) atoms. The largest absolute Gasteiger partial charge is 0.399 e. The molecule has 528 valence electrons. The second-order valence-electron chi connectivity index (χ2n) is 26.2. The fourth-order valence-electron chi connectivity index (χ4n) is 13.7. The molecular formula is C70H85F2N12O13PS. The molecule has 4 aliphatic heterocycles. The molecule has 11 N–H and O–H groups in total. The van der Waals surface area contributed by atoms with Gasteiger partial charge < -0.3 is 71.8 Å². The van der Waals surface area contributed by atoms with Gasteiger partial charge in [0.1, 0.15) is 41.9 Å². The Bertz CT molecular complexity index is 3990. The Morgan fingerprint density at radius 3 is 2.23 bits per heavy atom. The van der Waals surface area contributed by atoms with E-state index in [4.69, 9.17) is 5.73 Å². The van der Waals surface area contributed by atoms with Crippen molar-refractivity contribution in [1.29, 1.82) is 0 Å². The monoisotopic (exact) mass is 1400 g/mol. The summed E-state index contributed by atoms with van der Waals surface area (Å²) in [5.41, 5.74) is 6.63. The topological polar surface area (TPSA) is 359 Å². The highest BCUT2D eigenvalue weighted by atomic mass is 32.1. The Labute approximate surface area is 575 Å². The number of likely N-dealkylation sites (N-methyl/N-ethyl adjacent to an activating group) is 1. The number of rotatable bonds is 26. The van der Waals surface area contributed by atoms with Crippen molar-refractivity contribution in [3.05, 3.63) is 148 Å². The van der Waals surface area contributed by atoms with E-state index in [0.717, 1.165) is 71.1 Å². The summed E-state index contributed by atoms with van der Waals surface area (Å²) in [6, 6.07) is 19.9. The third kappa shape index (κ3) is 17.3. The van der Waals surface area contributed by atoms with Crippen LogP contribution in [0.1, 0.15) is 151 Å². The van der Waals surface area contributed by atoms with Crippen LogP contribution in [0.25, 0.3) is 21.3 Å². The fraction of sp³-hybridized carbons (Fsp3) is 0.457. The molecule has 9 atom stereocenters. The predicted octanol–water partition coefficient (Wildman–Crippen LogP) is 5.98. The zero-order valence-corrected chi connectivity index (χ0v) is 57.1. The lowest BCUT2D eigenvalue weighted by atomic mass is 9.98. The van der Waals surface area contributed by atoms with Gasteiger partial charge in [0.15, 0.2) is 0 Å². The number of nitrogens with one attached hydrogen (secondary N) is 6. The van der Waals surface area contributed by atoms with Crippen LogP contribution < -0.4 is 32.3 Å². The molecule has 9 amide bonds. The third-order valence-electron chi connectivity index (χ3n) is 19.2. The summed E-state index contributed by atoms with van der Waals surface area (Å²) in [5, 5.41) is 25.3. The van der Waals surface area contributed by atoms with Crippen LogP contribution >= 0.6 is 18.9 Å². The smallest absolute Gasteiger partial charge is 0.390 e. The number of aliphatic hydroxyl groups excluding tert-OH is 1. The molecule has 29 heteroatoms. The van der Waals surface area contributed by atoms with E-state index in [1.54, 1.807) is 71.3 Å². The second kappa shape index (κ2) is 32.0. The van der Waals surface area contributed by atoms with Gasteiger partial charge in [-0.2, -0.15) is 8.78 Å². The molecule has 25 nitrogen and oxygen atoms in total. The van der Waals surface area contributed by atoms with E-state index >= 15 is 0 Å². The predicted molar refractivity (Wildman–Crippen MR) is 364 cm³/mol. The summed E-state index contributed by atoms with van der Waals surface area (Å²) in [5.74, 6) is -5.32. The molecule has 6 aromatic rings. The van der Waals surface area contributed by atoms with Crippen LogP contribution in [-0.2, 0) is 50.2 Å². The van der Waals surface area contributed by atoms with Gasteiger partial charge in [0, 0.05) is 60.7 Å². The number of nitrogens with two attached hydrogens (primary N) is 1. The lowest BCUT2D eigenvalue weighted by Gasteiger charge is -2.38. The number of amides is 9. The molecule has 4 aromatic carbocycles. The lowest BCUT2D eigenvalue weighted by Crippen LogP contribution is -2.61. The highest BCUT2D eigenvalue weighted by Crippen LogP contribution is 2.59. The molecule has 0 radical (unpaired) electrons. The number of carbonyl (C=O) groups is 9. The summed E-state index contributed by atoms with van der Waals surface area (Å²) in [6.45, 7) is 5.11. The highest BCUT2D eigenvalue weighted by Gasteiger charge is 2.51. The van der Waals surface area contributed by atoms with Crippen molar-refractivity contribution in [3.8, 4) is 10.4 Å². The van der Waals surface area contributed by atoms with Crippen LogP contribution in [0.3, 0.4) is 0 Å². The van der Waals surface area contributed by atoms with Gasteiger partial charge in [0.05, 0.1) is 28.2 Å². The van der Waals surface area contributed by atoms with E-state index in [0.29, 0.717) is 62.7 Å². The molecule has 4 aliphatic rings. The Morgan fingerprint density at radius 1 is 0.788 bits per heavy atom. The Balaban J connectivity index is 0.696. The summed E-state index contributed by atoms with van der Waals surface area (Å²) in [4.78, 5) is 159. The number of hydrogen-bond donors (Lipinski definition) is 10. The van der Waals surface area contributed by atoms with Crippen molar-refractivity contribution in [1.82, 2.24) is 56.2 Å². The van der Waals surface area contributed by atoms with Crippen molar-refractivity contribution >= 4 is 83.0 Å². The quantitative estimate of drug-likeness (QED) is 0.0221. The number of aliphatic hydroxyl groups is 1. The number of piperidine rings is 1. The number of hydrogen-bond acceptors (Lipinski definition) is 14. The van der Waals surface area contributed by atoms with Gasteiger partial charge in [-0.3, -0.25) is 47.7 Å². The summed E-state index contributed by atoms with van der Waals surface area (Å²) in [6.07, 6.45) is 5.18. The number of aryl methyl sites for hydroxylation is 2. The van der Waals surface area contributed by atoms with Crippen molar-refractivity contribution < 1.29 is 71.4 Å². The SMILES string of the molecule is Cc1ncsc1-c1ccc([C@H](C)NC(=O)[C@@H]2[C@@H](O)CCN2C(=O)C2CCCCN2C(=O)c2ccc(CCCCCCNC(=O)[C@@H](NC(=O)[C@H](CCC(N)=O)NC(=O)C3CCC4CCN(C)C[C@H](NC(=O)c5cc6cc(C(F)(F)P(=O)(O)O)ccc6[nH]5)C(=O)N43)c3ccccc3)cc2)cc1. The fourth-order valence-corrected chi connectivity index (χ4v) is 15.0. The molecule has 2 aromatic heterocycles. The second-order valence-corrected chi connectivity index (χ2v) is 28.7. The van der Waals surface area contributed by atoms with Gasteiger partial charge >= 0.3 is 13.3 Å². The van der Waals surface area contributed by atoms with Gasteiger partial charge in [-0.25, -0.2) is 4.98 Å². The minimum absolute atomic E-state index is 0.0110. The number of halogens is 2. The highest BCUT2D eigenvalue weighted by molar-refractivity contribution is 7.52. The first kappa shape index (κ1) is 72.9. The number of carbonyl (C=O) groups excluding carboxylic acids is 9. The number of fused-ring (bicyclic) bond motifs is 2. The molecule has 4 saturated heterocycles. The first-order valence-electron chi connectivity index (χ1n) is 33.6. The van der Waals surface area contributed by atoms with Crippen molar-refractivity contribution in [2.24, 2.45) is 5.73 Å².